The van der Waals surface area contributed by atoms with Crippen molar-refractivity contribution in [2.75, 3.05) is 6.61 Å². The molecule has 6 nitrogen and oxygen atoms in total. The zero-order chi connectivity index (χ0) is 20.8. The lowest BCUT2D eigenvalue weighted by atomic mass is 10.2. The second-order valence-electron chi connectivity index (χ2n) is 7.12. The van der Waals surface area contributed by atoms with Crippen molar-refractivity contribution < 1.29 is 14.3 Å². The maximum atomic E-state index is 12.3. The molecule has 4 rings (SSSR count). The van der Waals surface area contributed by atoms with Crippen LogP contribution in [0.25, 0.3) is 5.65 Å². The monoisotopic (exact) mass is 401 g/mol. The van der Waals surface area contributed by atoms with Crippen LogP contribution >= 0.6 is 0 Å². The third kappa shape index (κ3) is 5.03. The largest absolute Gasteiger partial charge is 0.487 e. The van der Waals surface area contributed by atoms with Crippen molar-refractivity contribution in [2.45, 2.75) is 26.4 Å². The van der Waals surface area contributed by atoms with Crippen molar-refractivity contribution in [1.29, 1.82) is 0 Å². The van der Waals surface area contributed by atoms with Crippen LogP contribution in [0.5, 0.6) is 5.75 Å². The molecule has 3 aromatic heterocycles. The molecule has 4 aromatic rings. The fraction of sp³-hybridized carbons (Fsp3) is 0.208. The normalized spacial score (nSPS) is 10.8. The highest BCUT2D eigenvalue weighted by molar-refractivity contribution is 5.89. The van der Waals surface area contributed by atoms with Crippen LogP contribution in [-0.2, 0) is 17.8 Å². The number of carbonyl (C=O) groups is 1. The van der Waals surface area contributed by atoms with Gasteiger partial charge in [0, 0.05) is 24.8 Å². The van der Waals surface area contributed by atoms with Crippen LogP contribution in [-0.4, -0.2) is 26.9 Å². The first-order valence-electron chi connectivity index (χ1n) is 9.90. The summed E-state index contributed by atoms with van der Waals surface area (Å²) in [6.07, 6.45) is 9.12. The number of pyridine rings is 2. The van der Waals surface area contributed by atoms with E-state index in [1.807, 2.05) is 60.2 Å². The van der Waals surface area contributed by atoms with Gasteiger partial charge in [-0.05, 0) is 61.2 Å². The number of imidazole rings is 1. The number of ether oxygens (including phenoxy) is 2. The molecule has 0 atom stereocenters. The SMILES string of the molecule is Cc1ccc2nc(COc3cccc(C(=O)OCCCc4cccnc4)c3)cn2c1. The Bertz CT molecular complexity index is 1140. The molecule has 0 spiro atoms. The molecular formula is C24H23N3O3. The highest BCUT2D eigenvalue weighted by Gasteiger charge is 2.09. The van der Waals surface area contributed by atoms with Gasteiger partial charge in [-0.3, -0.25) is 4.98 Å². The van der Waals surface area contributed by atoms with E-state index in [2.05, 4.69) is 9.97 Å². The van der Waals surface area contributed by atoms with Gasteiger partial charge in [0.2, 0.25) is 0 Å². The Morgan fingerprint density at radius 3 is 2.90 bits per heavy atom. The first-order chi connectivity index (χ1) is 14.7. The predicted octanol–water partition coefficient (Wildman–Crippen LogP) is 4.41. The van der Waals surface area contributed by atoms with Gasteiger partial charge in [-0.15, -0.1) is 0 Å². The fourth-order valence-corrected chi connectivity index (χ4v) is 3.17. The summed E-state index contributed by atoms with van der Waals surface area (Å²) in [4.78, 5) is 21.0. The van der Waals surface area contributed by atoms with E-state index >= 15 is 0 Å². The molecule has 0 radical (unpaired) electrons. The Morgan fingerprint density at radius 1 is 1.10 bits per heavy atom. The number of aryl methyl sites for hydroxylation is 2. The third-order valence-electron chi connectivity index (χ3n) is 4.67. The molecular weight excluding hydrogens is 378 g/mol. The predicted molar refractivity (Wildman–Crippen MR) is 114 cm³/mol. The van der Waals surface area contributed by atoms with E-state index in [0.717, 1.165) is 29.7 Å². The summed E-state index contributed by atoms with van der Waals surface area (Å²) in [5, 5.41) is 0. The zero-order valence-corrected chi connectivity index (χ0v) is 16.8. The van der Waals surface area contributed by atoms with Gasteiger partial charge >= 0.3 is 5.97 Å². The van der Waals surface area contributed by atoms with Crippen molar-refractivity contribution in [3.8, 4) is 5.75 Å². The third-order valence-corrected chi connectivity index (χ3v) is 4.67. The molecule has 1 aromatic carbocycles. The standard InChI is InChI=1S/C24H23N3O3/c1-18-9-10-23-26-21(16-27(23)15-18)17-30-22-8-2-7-20(13-22)24(28)29-12-4-6-19-5-3-11-25-14-19/h2-3,5,7-11,13-16H,4,6,12,17H2,1H3. The lowest BCUT2D eigenvalue weighted by molar-refractivity contribution is 0.0500. The van der Waals surface area contributed by atoms with Crippen LogP contribution in [0.3, 0.4) is 0 Å². The summed E-state index contributed by atoms with van der Waals surface area (Å²) in [5.74, 6) is 0.253. The number of esters is 1. The van der Waals surface area contributed by atoms with Crippen molar-refractivity contribution in [2.24, 2.45) is 0 Å². The number of benzene rings is 1. The van der Waals surface area contributed by atoms with Crippen molar-refractivity contribution in [3.05, 3.63) is 95.7 Å². The molecule has 0 aliphatic carbocycles. The van der Waals surface area contributed by atoms with E-state index in [1.54, 1.807) is 24.4 Å². The van der Waals surface area contributed by atoms with E-state index in [-0.39, 0.29) is 5.97 Å². The van der Waals surface area contributed by atoms with Crippen LogP contribution in [0.1, 0.15) is 33.6 Å². The van der Waals surface area contributed by atoms with Crippen LogP contribution in [0, 0.1) is 6.92 Å². The summed E-state index contributed by atoms with van der Waals surface area (Å²) < 4.78 is 13.2. The number of aromatic nitrogens is 3. The maximum Gasteiger partial charge on any atom is 0.338 e. The molecule has 0 aliphatic rings. The minimum atomic E-state index is -0.352. The van der Waals surface area contributed by atoms with Gasteiger partial charge in [0.1, 0.15) is 18.0 Å². The van der Waals surface area contributed by atoms with E-state index < -0.39 is 0 Å². The second kappa shape index (κ2) is 9.22. The van der Waals surface area contributed by atoms with Crippen molar-refractivity contribution >= 4 is 11.6 Å². The number of rotatable bonds is 8. The van der Waals surface area contributed by atoms with Crippen LogP contribution in [0.15, 0.2) is 73.3 Å². The minimum Gasteiger partial charge on any atom is -0.487 e. The molecule has 0 amide bonds. The summed E-state index contributed by atoms with van der Waals surface area (Å²) in [5.41, 5.74) is 4.47. The topological polar surface area (TPSA) is 65.7 Å². The molecule has 0 unspecified atom stereocenters. The lowest BCUT2D eigenvalue weighted by Gasteiger charge is -2.08. The van der Waals surface area contributed by atoms with Crippen LogP contribution in [0.2, 0.25) is 0 Å². The zero-order valence-electron chi connectivity index (χ0n) is 16.8. The summed E-state index contributed by atoms with van der Waals surface area (Å²) in [7, 11) is 0. The molecule has 0 N–H and O–H groups in total. The summed E-state index contributed by atoms with van der Waals surface area (Å²) >= 11 is 0. The van der Waals surface area contributed by atoms with Gasteiger partial charge in [-0.1, -0.05) is 18.2 Å². The van der Waals surface area contributed by atoms with E-state index in [1.165, 1.54) is 5.56 Å². The first-order valence-corrected chi connectivity index (χ1v) is 9.90. The van der Waals surface area contributed by atoms with Gasteiger partial charge in [-0.25, -0.2) is 9.78 Å². The van der Waals surface area contributed by atoms with Gasteiger partial charge in [0.05, 0.1) is 17.9 Å². The average molecular weight is 401 g/mol. The Labute approximate surface area is 175 Å². The minimum absolute atomic E-state index is 0.324. The Kier molecular flexibility index (Phi) is 6.03. The molecule has 6 heteroatoms. The van der Waals surface area contributed by atoms with E-state index in [9.17, 15) is 4.79 Å². The van der Waals surface area contributed by atoms with Crippen LogP contribution < -0.4 is 4.74 Å². The second-order valence-corrected chi connectivity index (χ2v) is 7.12. The molecule has 3 heterocycles. The number of hydrogen-bond donors (Lipinski definition) is 0. The van der Waals surface area contributed by atoms with Crippen LogP contribution in [0.4, 0.5) is 0 Å². The number of hydrogen-bond acceptors (Lipinski definition) is 5. The Morgan fingerprint density at radius 2 is 2.03 bits per heavy atom. The molecule has 0 saturated heterocycles. The number of fused-ring (bicyclic) bond motifs is 1. The molecule has 152 valence electrons. The average Bonchev–Trinajstić information content (AvgIpc) is 3.18. The van der Waals surface area contributed by atoms with E-state index in [4.69, 9.17) is 9.47 Å². The van der Waals surface area contributed by atoms with Gasteiger partial charge in [0.25, 0.3) is 0 Å². The first kappa shape index (κ1) is 19.6. The summed E-state index contributed by atoms with van der Waals surface area (Å²) in [6, 6.07) is 14.9. The van der Waals surface area contributed by atoms with Crippen molar-refractivity contribution in [1.82, 2.24) is 14.4 Å². The maximum absolute atomic E-state index is 12.3. The smallest absolute Gasteiger partial charge is 0.338 e. The van der Waals surface area contributed by atoms with Crippen molar-refractivity contribution in [3.63, 3.8) is 0 Å². The molecule has 0 bridgehead atoms. The highest BCUT2D eigenvalue weighted by Crippen LogP contribution is 2.17. The molecule has 30 heavy (non-hydrogen) atoms. The molecule has 0 saturated carbocycles. The van der Waals surface area contributed by atoms with Gasteiger partial charge in [-0.2, -0.15) is 0 Å². The van der Waals surface area contributed by atoms with Gasteiger partial charge in [0.15, 0.2) is 0 Å². The Balaban J connectivity index is 1.29. The molecule has 0 aliphatic heterocycles. The van der Waals surface area contributed by atoms with Gasteiger partial charge < -0.3 is 13.9 Å². The highest BCUT2D eigenvalue weighted by atomic mass is 16.5. The number of nitrogens with zero attached hydrogens (tertiary/aromatic N) is 3. The fourth-order valence-electron chi connectivity index (χ4n) is 3.17. The quantitative estimate of drug-likeness (QED) is 0.323. The van der Waals surface area contributed by atoms with E-state index in [0.29, 0.717) is 24.5 Å². The summed E-state index contributed by atoms with van der Waals surface area (Å²) in [6.45, 7) is 2.73. The number of carbonyl (C=O) groups excluding carboxylic acids is 1. The Hall–Kier alpha value is -3.67. The lowest BCUT2D eigenvalue weighted by Crippen LogP contribution is -2.07. The molecule has 0 fully saturated rings.